The minimum Gasteiger partial charge on any atom is -0.481 e. The highest BCUT2D eigenvalue weighted by Gasteiger charge is 2.40. The number of hydrogen-bond acceptors (Lipinski definition) is 11. The molecular weight excluding hydrogens is 1170 g/mol. The van der Waals surface area contributed by atoms with Gasteiger partial charge in [0, 0.05) is 6.42 Å². The van der Waals surface area contributed by atoms with Gasteiger partial charge in [0.15, 0.2) is 49.9 Å². The van der Waals surface area contributed by atoms with Gasteiger partial charge in [-0.3, -0.25) is 14.4 Å². The monoisotopic (exact) mass is 1310 g/mol. The van der Waals surface area contributed by atoms with Crippen molar-refractivity contribution in [1.82, 2.24) is 0 Å². The smallest absolute Gasteiger partial charge is 0.311 e. The van der Waals surface area contributed by atoms with Crippen LogP contribution in [0, 0.1) is 0 Å². The molecule has 0 aliphatic heterocycles. The Labute approximate surface area is 518 Å². The number of carboxylic acids is 1. The molecule has 0 spiro atoms. The molecule has 498 valence electrons. The van der Waals surface area contributed by atoms with Gasteiger partial charge in [-0.25, -0.2) is 0 Å². The van der Waals surface area contributed by atoms with Crippen LogP contribution in [0.1, 0.15) is 205 Å². The second-order valence-electron chi connectivity index (χ2n) is 27.2. The Bertz CT molecular complexity index is 1400. The molecule has 0 unspecified atom stereocenters. The van der Waals surface area contributed by atoms with Gasteiger partial charge in [0.1, 0.15) is 0 Å². The molecule has 0 aromatic rings. The minimum absolute atomic E-state index is 0. The Morgan fingerprint density at radius 1 is 0.296 bits per heavy atom. The maximum absolute atomic E-state index is 10.5. The molecule has 0 saturated heterocycles. The molecule has 0 atom stereocenters. The number of rotatable bonds is 47. The van der Waals surface area contributed by atoms with Crippen LogP contribution in [0.4, 0.5) is 0 Å². The molecule has 81 heavy (non-hydrogen) atoms. The van der Waals surface area contributed by atoms with Gasteiger partial charge in [0.25, 0.3) is 12.9 Å². The van der Waals surface area contributed by atoms with Gasteiger partial charge >= 0.3 is 31.7 Å². The first-order chi connectivity index (χ1) is 34.3. The maximum Gasteiger partial charge on any atom is 0.311 e. The third-order valence-corrected chi connectivity index (χ3v) is 42.3. The molecule has 0 aromatic heterocycles. The first-order valence-electron chi connectivity index (χ1n) is 29.8. The lowest BCUT2D eigenvalue weighted by atomic mass is 10.1. The highest BCUT2D eigenvalue weighted by atomic mass is 28.5. The van der Waals surface area contributed by atoms with Crippen LogP contribution in [0.3, 0.4) is 0 Å². The molecule has 0 aromatic carbocycles. The molecule has 21 heteroatoms. The van der Waals surface area contributed by atoms with E-state index in [0.29, 0.717) is 32.6 Å². The van der Waals surface area contributed by atoms with E-state index < -0.39 is 81.6 Å². The quantitative estimate of drug-likeness (QED) is 0.0352. The third kappa shape index (κ3) is 80.1. The number of carbonyl (C=O) groups is 3. The zero-order valence-corrected chi connectivity index (χ0v) is 62.3. The molecule has 0 rings (SSSR count). The Balaban J connectivity index is -0.000000146. The van der Waals surface area contributed by atoms with Gasteiger partial charge in [-0.2, -0.15) is 0 Å². The lowest BCUT2D eigenvalue weighted by molar-refractivity contribution is -0.137. The summed E-state index contributed by atoms with van der Waals surface area (Å²) in [7, 11) is -15.4. The molecule has 1 N–H and O–H groups in total. The molecule has 12 nitrogen and oxygen atoms in total. The summed E-state index contributed by atoms with van der Waals surface area (Å²) in [6.45, 7) is 49.6. The van der Waals surface area contributed by atoms with Crippen LogP contribution in [0.15, 0.2) is 0 Å². The first-order valence-corrected chi connectivity index (χ1v) is 57.8. The number of aliphatic carboxylic acids is 1. The lowest BCUT2D eigenvalue weighted by Crippen LogP contribution is -2.52. The van der Waals surface area contributed by atoms with E-state index in [0.717, 1.165) is 38.5 Å². The van der Waals surface area contributed by atoms with Crippen LogP contribution in [-0.4, -0.2) is 113 Å². The molecule has 0 bridgehead atoms. The molecule has 0 amide bonds. The summed E-state index contributed by atoms with van der Waals surface area (Å²) in [6.07, 6.45) is 29.3. The van der Waals surface area contributed by atoms with Crippen molar-refractivity contribution < 1.29 is 53.7 Å². The van der Waals surface area contributed by atoms with E-state index in [1.54, 1.807) is 0 Å². The fraction of sp³-hybridized carbons (Fsp3) is 0.950. The van der Waals surface area contributed by atoms with Crippen LogP contribution < -0.4 is 0 Å². The van der Waals surface area contributed by atoms with Crippen molar-refractivity contribution in [2.45, 2.75) is 361 Å². The second-order valence-corrected chi connectivity index (χ2v) is 65.3. The molecule has 0 fully saturated rings. The van der Waals surface area contributed by atoms with E-state index in [9.17, 15) is 14.4 Å². The summed E-state index contributed by atoms with van der Waals surface area (Å²) in [6, 6.07) is 3.66. The van der Waals surface area contributed by atoms with E-state index in [1.165, 1.54) is 134 Å². The topological polar surface area (TPSA) is 145 Å². The second kappa shape index (κ2) is 53.2. The van der Waals surface area contributed by atoms with Gasteiger partial charge in [0.2, 0.25) is 0 Å². The molecule has 0 aliphatic rings. The van der Waals surface area contributed by atoms with Gasteiger partial charge in [-0.1, -0.05) is 179 Å². The number of carbonyl (C=O) groups excluding carboxylic acids is 2. The van der Waals surface area contributed by atoms with Crippen molar-refractivity contribution in [2.24, 2.45) is 0 Å². The van der Waals surface area contributed by atoms with Crippen molar-refractivity contribution in [3.05, 3.63) is 0 Å². The van der Waals surface area contributed by atoms with Crippen molar-refractivity contribution in [3.8, 4) is 0 Å². The van der Waals surface area contributed by atoms with Gasteiger partial charge in [-0.15, -0.1) is 0 Å². The van der Waals surface area contributed by atoms with Crippen LogP contribution in [0.2, 0.25) is 156 Å². The average molecular weight is 1320 g/mol. The fourth-order valence-electron chi connectivity index (χ4n) is 10.0. The first kappa shape index (κ1) is 100. The summed E-state index contributed by atoms with van der Waals surface area (Å²) in [5, 5.41) is 8.68. The summed E-state index contributed by atoms with van der Waals surface area (Å²) in [5.41, 5.74) is 0. The summed E-state index contributed by atoms with van der Waals surface area (Å²) >= 11 is 0. The maximum atomic E-state index is 10.5. The number of ether oxygens (including phenoxy) is 2. The lowest BCUT2D eigenvalue weighted by Gasteiger charge is -2.39. The predicted octanol–water partition coefficient (Wildman–Crippen LogP) is 22.3. The van der Waals surface area contributed by atoms with E-state index in [4.69, 9.17) is 39.3 Å². The third-order valence-electron chi connectivity index (χ3n) is 11.9. The van der Waals surface area contributed by atoms with E-state index in [2.05, 4.69) is 137 Å². The van der Waals surface area contributed by atoms with Gasteiger partial charge in [-0.05, 0) is 175 Å². The van der Waals surface area contributed by atoms with E-state index in [1.807, 2.05) is 0 Å². The number of carboxylic acid groups (broad SMARTS) is 1. The molecule has 0 radical (unpaired) electrons. The van der Waals surface area contributed by atoms with Gasteiger partial charge in [0.05, 0.1) is 13.2 Å². The van der Waals surface area contributed by atoms with Crippen molar-refractivity contribution in [1.29, 1.82) is 0 Å². The largest absolute Gasteiger partial charge is 0.481 e. The fourth-order valence-corrected chi connectivity index (χ4v) is 49.8. The Kier molecular flexibility index (Phi) is 65.7. The van der Waals surface area contributed by atoms with Crippen LogP contribution in [-0.2, 0) is 48.5 Å². The average Bonchev–Trinajstić information content (AvgIpc) is 3.19. The summed E-state index contributed by atoms with van der Waals surface area (Å²) in [5.74, 6) is -0.675. The zero-order valence-electron chi connectivity index (χ0n) is 53.3. The molecule has 0 aliphatic carbocycles. The molecular formula is C60H150O12Si9. The Morgan fingerprint density at radius 3 is 0.691 bits per heavy atom. The minimum atomic E-state index is -2.13. The van der Waals surface area contributed by atoms with Crippen LogP contribution in [0.5, 0.6) is 0 Å². The molecule has 0 heterocycles. The van der Waals surface area contributed by atoms with Crippen LogP contribution >= 0.6 is 0 Å². The number of hydrogen-bond donors (Lipinski definition) is 1. The molecule has 0 saturated carbocycles. The normalized spacial score (nSPS) is 12.2. The zero-order chi connectivity index (χ0) is 58.4. The predicted molar refractivity (Wildman–Crippen MR) is 383 cm³/mol. The number of unbranched alkanes of at least 4 members (excludes halogenated alkanes) is 21. The van der Waals surface area contributed by atoms with E-state index in [-0.39, 0.29) is 44.6 Å². The standard InChI is InChI=1S/C28H60O6Si3.C18H42O4Si3.C8H24O2Si3.6CH4/c1-35(2,25-21-17-13-9-7-11-15-19-23-28(30)31)33-37(5,6)34-36(3,4)26-22-18-14-10-8-12-16-20-24-32-27-29;1-23(2,3)21-25(6,7)22-24(4,5)17-15-13-11-9-8-10-12-14-16-20-18-19;1-11(2,3)9-13(7,8)10-12(4,5)6;;;;;;/h27H,7-26H2,1-6H3,(H,30,31);18H,8-17H2,1-7H3;1-8H3;6*1H4. The Morgan fingerprint density at radius 2 is 0.481 bits per heavy atom. The van der Waals surface area contributed by atoms with Crippen molar-refractivity contribution in [3.63, 3.8) is 0 Å². The van der Waals surface area contributed by atoms with E-state index >= 15 is 0 Å². The van der Waals surface area contributed by atoms with Gasteiger partial charge < -0.3 is 39.3 Å². The summed E-state index contributed by atoms with van der Waals surface area (Å²) < 4.78 is 48.0. The highest BCUT2D eigenvalue weighted by Crippen LogP contribution is 2.29. The Hall–Kier alpha value is 0.122. The van der Waals surface area contributed by atoms with Crippen molar-refractivity contribution in [2.75, 3.05) is 13.2 Å². The highest BCUT2D eigenvalue weighted by molar-refractivity contribution is 6.89. The summed E-state index contributed by atoms with van der Waals surface area (Å²) in [4.78, 5) is 30.7. The SMILES string of the molecule is C.C.C.C.C.C.C[Si](C)(C)O[Si](C)(C)O[Si](C)(C)C.C[Si](C)(C)O[Si](C)(C)O[Si](C)(C)CCCCCCCCCCOC=O.C[Si](C)(CCCCCCCCCCOC=O)O[Si](C)(C)O[Si](C)(C)CCCCCCCCCCC(=O)O. The van der Waals surface area contributed by atoms with Crippen molar-refractivity contribution >= 4 is 94.5 Å². The van der Waals surface area contributed by atoms with Crippen LogP contribution in [0.25, 0.3) is 0 Å².